The molecule has 0 bridgehead atoms. The largest absolute Gasteiger partial charge is 0.488 e. The Morgan fingerprint density at radius 2 is 1.72 bits per heavy atom. The van der Waals surface area contributed by atoms with Gasteiger partial charge >= 0.3 is 5.97 Å². The lowest BCUT2D eigenvalue weighted by atomic mass is 9.93. The molecule has 0 amide bonds. The van der Waals surface area contributed by atoms with Crippen molar-refractivity contribution in [3.63, 3.8) is 0 Å². The molecular formula is C37H29N3O4S2. The minimum Gasteiger partial charge on any atom is -0.488 e. The van der Waals surface area contributed by atoms with E-state index in [0.717, 1.165) is 27.1 Å². The zero-order valence-corrected chi connectivity index (χ0v) is 26.8. The van der Waals surface area contributed by atoms with Crippen molar-refractivity contribution in [2.45, 2.75) is 24.5 Å². The summed E-state index contributed by atoms with van der Waals surface area (Å²) in [6.07, 6.45) is 3.81. The predicted molar refractivity (Wildman–Crippen MR) is 181 cm³/mol. The summed E-state index contributed by atoms with van der Waals surface area (Å²) in [6, 6.07) is 33.5. The maximum Gasteiger partial charge on any atom is 0.338 e. The van der Waals surface area contributed by atoms with Gasteiger partial charge in [0, 0.05) is 16.0 Å². The number of hydrogen-bond acceptors (Lipinski definition) is 8. The molecule has 0 radical (unpaired) electrons. The van der Waals surface area contributed by atoms with E-state index in [0.29, 0.717) is 38.5 Å². The van der Waals surface area contributed by atoms with Crippen LogP contribution >= 0.6 is 23.1 Å². The number of hydrogen-bond donors (Lipinski definition) is 0. The lowest BCUT2D eigenvalue weighted by molar-refractivity contribution is -0.138. The maximum absolute atomic E-state index is 14.3. The number of para-hydroxylation sites is 1. The number of nitrogens with zero attached hydrogens (tertiary/aromatic N) is 3. The third-order valence-corrected chi connectivity index (χ3v) is 9.21. The van der Waals surface area contributed by atoms with E-state index in [1.807, 2.05) is 103 Å². The van der Waals surface area contributed by atoms with Gasteiger partial charge in [-0.15, -0.1) is 11.8 Å². The molecule has 4 aromatic carbocycles. The Balaban J connectivity index is 1.50. The van der Waals surface area contributed by atoms with Gasteiger partial charge in [0.25, 0.3) is 5.56 Å². The predicted octanol–water partition coefficient (Wildman–Crippen LogP) is 6.11. The topological polar surface area (TPSA) is 93.7 Å². The van der Waals surface area contributed by atoms with Gasteiger partial charge in [-0.1, -0.05) is 84.1 Å². The first-order chi connectivity index (χ1) is 22.5. The number of carbonyl (C=O) groups excluding carboxylic acids is 1. The summed E-state index contributed by atoms with van der Waals surface area (Å²) in [5.41, 5.74) is 4.30. The summed E-state index contributed by atoms with van der Waals surface area (Å²) in [6.45, 7) is 2.25. The minimum absolute atomic E-state index is 0.187. The first-order valence-corrected chi connectivity index (χ1v) is 16.7. The van der Waals surface area contributed by atoms with Gasteiger partial charge in [-0.2, -0.15) is 5.26 Å². The van der Waals surface area contributed by atoms with E-state index in [2.05, 4.69) is 6.07 Å². The Bertz CT molecular complexity index is 2140. The highest BCUT2D eigenvalue weighted by Crippen LogP contribution is 2.35. The number of fused-ring (bicyclic) bond motifs is 1. The zero-order valence-electron chi connectivity index (χ0n) is 25.2. The SMILES string of the molecule is CCOC(=O)C1=C(c2ccccc2)N=c2s/c(=C\c3ccccc3OCc3ccc(C#N)cc3)c(=O)n2[C@H]1c1ccc(SC)cc1. The van der Waals surface area contributed by atoms with Gasteiger partial charge in [0.2, 0.25) is 0 Å². The molecule has 9 heteroatoms. The van der Waals surface area contributed by atoms with E-state index in [-0.39, 0.29) is 12.2 Å². The quantitative estimate of drug-likeness (QED) is 0.142. The third kappa shape index (κ3) is 6.31. The molecule has 1 aliphatic heterocycles. The number of rotatable bonds is 9. The van der Waals surface area contributed by atoms with Crippen LogP contribution in [0.3, 0.4) is 0 Å². The van der Waals surface area contributed by atoms with Crippen LogP contribution in [0.4, 0.5) is 0 Å². The average molecular weight is 644 g/mol. The molecule has 46 heavy (non-hydrogen) atoms. The summed E-state index contributed by atoms with van der Waals surface area (Å²) >= 11 is 2.89. The normalized spacial score (nSPS) is 14.3. The Morgan fingerprint density at radius 1 is 1.00 bits per heavy atom. The summed E-state index contributed by atoms with van der Waals surface area (Å²) in [4.78, 5) is 34.4. The molecule has 5 aromatic rings. The standard InChI is InChI=1S/C37H29N3O4S2/c1-3-43-36(42)32-33(26-9-5-4-6-10-26)39-37-40(34(32)27-17-19-29(45-2)20-18-27)35(41)31(46-37)21-28-11-7-8-12-30(28)44-23-25-15-13-24(22-38)14-16-25/h4-21,34H,3,23H2,1-2H3/b31-21-/t34-/m0/s1. The molecule has 0 N–H and O–H groups in total. The summed E-state index contributed by atoms with van der Waals surface area (Å²) in [7, 11) is 0. The van der Waals surface area contributed by atoms with Crippen LogP contribution in [0.15, 0.2) is 123 Å². The van der Waals surface area contributed by atoms with E-state index < -0.39 is 12.0 Å². The van der Waals surface area contributed by atoms with Crippen LogP contribution in [0.5, 0.6) is 5.75 Å². The summed E-state index contributed by atoms with van der Waals surface area (Å²) in [5, 5.41) is 9.09. The van der Waals surface area contributed by atoms with Crippen molar-refractivity contribution in [2.75, 3.05) is 12.9 Å². The molecule has 1 atom stereocenters. The number of aromatic nitrogens is 1. The molecule has 1 aromatic heterocycles. The van der Waals surface area contributed by atoms with Crippen molar-refractivity contribution in [1.29, 1.82) is 5.26 Å². The molecule has 228 valence electrons. The number of nitriles is 1. The van der Waals surface area contributed by atoms with Crippen LogP contribution in [-0.4, -0.2) is 23.4 Å². The van der Waals surface area contributed by atoms with Gasteiger partial charge in [-0.3, -0.25) is 9.36 Å². The second-order valence-corrected chi connectivity index (χ2v) is 12.2. The van der Waals surface area contributed by atoms with E-state index in [9.17, 15) is 9.59 Å². The Hall–Kier alpha value is -5.17. The van der Waals surface area contributed by atoms with Crippen LogP contribution < -0.4 is 19.6 Å². The number of carbonyl (C=O) groups is 1. The maximum atomic E-state index is 14.3. The summed E-state index contributed by atoms with van der Waals surface area (Å²) < 4.78 is 13.8. The van der Waals surface area contributed by atoms with Crippen molar-refractivity contribution in [3.8, 4) is 11.8 Å². The molecule has 0 saturated carbocycles. The molecular weight excluding hydrogens is 615 g/mol. The average Bonchev–Trinajstić information content (AvgIpc) is 3.41. The number of esters is 1. The van der Waals surface area contributed by atoms with Crippen molar-refractivity contribution in [1.82, 2.24) is 4.57 Å². The van der Waals surface area contributed by atoms with Gasteiger partial charge in [0.1, 0.15) is 12.4 Å². The van der Waals surface area contributed by atoms with Crippen molar-refractivity contribution in [2.24, 2.45) is 4.99 Å². The highest BCUT2D eigenvalue weighted by molar-refractivity contribution is 7.98. The van der Waals surface area contributed by atoms with E-state index in [4.69, 9.17) is 19.7 Å². The van der Waals surface area contributed by atoms with Crippen molar-refractivity contribution >= 4 is 40.8 Å². The second-order valence-electron chi connectivity index (χ2n) is 10.3. The first-order valence-electron chi connectivity index (χ1n) is 14.6. The molecule has 1 aliphatic rings. The zero-order chi connectivity index (χ0) is 32.0. The Labute approximate surface area is 274 Å². The van der Waals surface area contributed by atoms with Gasteiger partial charge in [-0.05, 0) is 60.7 Å². The Morgan fingerprint density at radius 3 is 2.41 bits per heavy atom. The number of thioether (sulfide) groups is 1. The second kappa shape index (κ2) is 13.9. The van der Waals surface area contributed by atoms with Crippen molar-refractivity contribution in [3.05, 3.63) is 156 Å². The molecule has 0 spiro atoms. The number of benzene rings is 4. The molecule has 7 nitrogen and oxygen atoms in total. The fraction of sp³-hybridized carbons (Fsp3) is 0.135. The summed E-state index contributed by atoms with van der Waals surface area (Å²) in [5.74, 6) is 0.0963. The number of ether oxygens (including phenoxy) is 2. The van der Waals surface area contributed by atoms with Crippen LogP contribution in [0.1, 0.15) is 40.8 Å². The molecule has 0 fully saturated rings. The van der Waals surface area contributed by atoms with Crippen LogP contribution in [0, 0.1) is 11.3 Å². The van der Waals surface area contributed by atoms with Crippen molar-refractivity contribution < 1.29 is 14.3 Å². The highest BCUT2D eigenvalue weighted by Gasteiger charge is 2.35. The van der Waals surface area contributed by atoms with Gasteiger partial charge < -0.3 is 9.47 Å². The molecule has 6 rings (SSSR count). The van der Waals surface area contributed by atoms with E-state index >= 15 is 0 Å². The first kappa shape index (κ1) is 30.8. The smallest absolute Gasteiger partial charge is 0.338 e. The highest BCUT2D eigenvalue weighted by atomic mass is 32.2. The van der Waals surface area contributed by atoms with Crippen LogP contribution in [-0.2, 0) is 16.1 Å². The van der Waals surface area contributed by atoms with E-state index in [1.54, 1.807) is 35.4 Å². The minimum atomic E-state index is -0.744. The fourth-order valence-electron chi connectivity index (χ4n) is 5.25. The fourth-order valence-corrected chi connectivity index (χ4v) is 6.65. The van der Waals surface area contributed by atoms with Gasteiger partial charge in [0.15, 0.2) is 4.80 Å². The number of thiazole rings is 1. The lowest BCUT2D eigenvalue weighted by Gasteiger charge is -2.26. The van der Waals surface area contributed by atoms with Gasteiger partial charge in [-0.25, -0.2) is 9.79 Å². The van der Waals surface area contributed by atoms with Gasteiger partial charge in [0.05, 0.1) is 40.1 Å². The lowest BCUT2D eigenvalue weighted by Crippen LogP contribution is -2.40. The van der Waals surface area contributed by atoms with Crippen LogP contribution in [0.25, 0.3) is 11.8 Å². The molecule has 0 aliphatic carbocycles. The Kier molecular flexibility index (Phi) is 9.29. The third-order valence-electron chi connectivity index (χ3n) is 7.49. The van der Waals surface area contributed by atoms with E-state index in [1.165, 1.54) is 11.3 Å². The van der Waals surface area contributed by atoms with Crippen LogP contribution in [0.2, 0.25) is 0 Å². The molecule has 0 unspecified atom stereocenters. The molecule has 2 heterocycles. The molecule has 0 saturated heterocycles. The monoisotopic (exact) mass is 643 g/mol.